The third-order valence-electron chi connectivity index (χ3n) is 8.65. The molecule has 0 saturated heterocycles. The van der Waals surface area contributed by atoms with Crippen LogP contribution in [0.4, 0.5) is 0 Å². The van der Waals surface area contributed by atoms with E-state index in [0.717, 1.165) is 0 Å². The number of methoxy groups -OCH3 is 8. The topological polar surface area (TPSA) is 179 Å². The highest BCUT2D eigenvalue weighted by Crippen LogP contribution is 2.55. The largest absolute Gasteiger partial charge is 0.493 e. The summed E-state index contributed by atoms with van der Waals surface area (Å²) < 4.78 is 66.5. The summed E-state index contributed by atoms with van der Waals surface area (Å²) in [7, 11) is 11.0. The van der Waals surface area contributed by atoms with Gasteiger partial charge in [-0.1, -0.05) is 0 Å². The Hall–Kier alpha value is -6.84. The van der Waals surface area contributed by atoms with Gasteiger partial charge in [-0.3, -0.25) is 19.2 Å². The van der Waals surface area contributed by atoms with Crippen molar-refractivity contribution in [3.8, 4) is 80.1 Å². The predicted octanol–water partition coefficient (Wildman–Crippen LogP) is 5.01. The predicted molar refractivity (Wildman–Crippen MR) is 187 cm³/mol. The maximum atomic E-state index is 14.1. The van der Waals surface area contributed by atoms with Gasteiger partial charge in [0.2, 0.25) is 59.7 Å². The molecule has 2 aliphatic rings. The van der Waals surface area contributed by atoms with Crippen LogP contribution >= 0.6 is 0 Å². The smallest absolute Gasteiger partial charge is 0.237 e. The normalized spacial score (nSPS) is 12.1. The van der Waals surface area contributed by atoms with Crippen molar-refractivity contribution in [1.29, 1.82) is 0 Å². The van der Waals surface area contributed by atoms with Crippen molar-refractivity contribution in [1.82, 2.24) is 0 Å². The van der Waals surface area contributed by atoms with Crippen LogP contribution in [0.3, 0.4) is 0 Å². The maximum absolute atomic E-state index is 14.1. The van der Waals surface area contributed by atoms with Crippen LogP contribution < -0.4 is 56.8 Å². The zero-order chi connectivity index (χ0) is 38.8. The molecule has 0 fully saturated rings. The van der Waals surface area contributed by atoms with Crippen LogP contribution in [0.2, 0.25) is 0 Å². The van der Waals surface area contributed by atoms with Gasteiger partial charge < -0.3 is 56.8 Å². The monoisotopic (exact) mass is 746 g/mol. The molecule has 0 aromatic heterocycles. The fourth-order valence-electron chi connectivity index (χ4n) is 6.16. The van der Waals surface area contributed by atoms with Crippen LogP contribution in [-0.4, -0.2) is 93.6 Å². The lowest BCUT2D eigenvalue weighted by Crippen LogP contribution is -2.17. The van der Waals surface area contributed by atoms with E-state index in [1.807, 2.05) is 0 Å². The van der Waals surface area contributed by atoms with Gasteiger partial charge in [-0.2, -0.15) is 0 Å². The Morgan fingerprint density at radius 2 is 0.685 bits per heavy atom. The molecule has 0 spiro atoms. The molecule has 0 amide bonds. The lowest BCUT2D eigenvalue weighted by Gasteiger charge is -2.19. The highest BCUT2D eigenvalue weighted by molar-refractivity contribution is 6.51. The van der Waals surface area contributed by atoms with E-state index in [-0.39, 0.29) is 116 Å². The number of hydrogen-bond acceptors (Lipinski definition) is 16. The molecule has 16 nitrogen and oxygen atoms in total. The van der Waals surface area contributed by atoms with Crippen molar-refractivity contribution in [2.75, 3.05) is 70.5 Å². The summed E-state index contributed by atoms with van der Waals surface area (Å²) in [5, 5.41) is 0. The van der Waals surface area contributed by atoms with Crippen LogP contribution in [0, 0.1) is 0 Å². The Labute approximate surface area is 308 Å². The summed E-state index contributed by atoms with van der Waals surface area (Å²) in [6, 6.07) is 8.03. The van der Waals surface area contributed by atoms with E-state index in [0.29, 0.717) is 0 Å². The summed E-state index contributed by atoms with van der Waals surface area (Å²) in [6.07, 6.45) is 0. The molecule has 0 aliphatic carbocycles. The van der Waals surface area contributed by atoms with E-state index in [1.54, 1.807) is 0 Å². The number of carbonyl (C=O) groups excluding carboxylic acids is 4. The first-order chi connectivity index (χ1) is 26.1. The zero-order valence-electron chi connectivity index (χ0n) is 30.4. The average Bonchev–Trinajstić information content (AvgIpc) is 3.91. The van der Waals surface area contributed by atoms with Gasteiger partial charge in [-0.25, -0.2) is 0 Å². The van der Waals surface area contributed by atoms with Gasteiger partial charge in [-0.05, 0) is 36.4 Å². The first kappa shape index (κ1) is 36.9. The zero-order valence-corrected chi connectivity index (χ0v) is 30.4. The lowest BCUT2D eigenvalue weighted by atomic mass is 9.91. The number of ketones is 4. The molecule has 4 aromatic rings. The highest BCUT2D eigenvalue weighted by atomic mass is 16.7. The average molecular weight is 747 g/mol. The Morgan fingerprint density at radius 3 is 0.963 bits per heavy atom. The van der Waals surface area contributed by atoms with Crippen LogP contribution in [0.25, 0.3) is 11.1 Å². The quantitative estimate of drug-likeness (QED) is 0.117. The highest BCUT2D eigenvalue weighted by Gasteiger charge is 2.37. The fraction of sp³-hybridized carbons (Fsp3) is 0.263. The van der Waals surface area contributed by atoms with Gasteiger partial charge in [0, 0.05) is 22.3 Å². The van der Waals surface area contributed by atoms with Crippen molar-refractivity contribution >= 4 is 23.1 Å². The first-order valence-electron chi connectivity index (χ1n) is 15.9. The van der Waals surface area contributed by atoms with Gasteiger partial charge in [0.05, 0.1) is 68.0 Å². The molecule has 282 valence electrons. The van der Waals surface area contributed by atoms with E-state index < -0.39 is 23.1 Å². The summed E-state index contributed by atoms with van der Waals surface area (Å²) in [5.41, 5.74) is -0.326. The van der Waals surface area contributed by atoms with E-state index in [9.17, 15) is 19.2 Å². The van der Waals surface area contributed by atoms with Gasteiger partial charge in [0.1, 0.15) is 0 Å². The number of benzene rings is 4. The number of rotatable bonds is 15. The van der Waals surface area contributed by atoms with Crippen LogP contribution in [0.1, 0.15) is 41.4 Å². The molecule has 16 heteroatoms. The van der Waals surface area contributed by atoms with Crippen molar-refractivity contribution < 1.29 is 76.0 Å². The first-order valence-corrected chi connectivity index (χ1v) is 15.9. The molecule has 0 unspecified atom stereocenters. The molecule has 6 rings (SSSR count). The molecule has 0 N–H and O–H groups in total. The van der Waals surface area contributed by atoms with Crippen molar-refractivity contribution in [3.63, 3.8) is 0 Å². The second kappa shape index (κ2) is 15.0. The summed E-state index contributed by atoms with van der Waals surface area (Å²) in [5.74, 6) is -2.86. The van der Waals surface area contributed by atoms with Crippen LogP contribution in [-0.2, 0) is 0 Å². The third-order valence-corrected chi connectivity index (χ3v) is 8.65. The molecule has 2 aliphatic heterocycles. The molecule has 54 heavy (non-hydrogen) atoms. The maximum Gasteiger partial charge on any atom is 0.237 e. The molecule has 0 atom stereocenters. The van der Waals surface area contributed by atoms with Gasteiger partial charge in [-0.15, -0.1) is 0 Å². The number of Topliss-reactive ketones (excluding diaryl/α,β-unsaturated/α-hetero) is 4. The number of ether oxygens (including phenoxy) is 12. The number of carbonyl (C=O) groups is 4. The van der Waals surface area contributed by atoms with Crippen molar-refractivity contribution in [2.45, 2.75) is 0 Å². The second-order valence-corrected chi connectivity index (χ2v) is 11.3. The molecular formula is C38H34O16. The minimum atomic E-state index is -0.997. The van der Waals surface area contributed by atoms with Crippen LogP contribution in [0.5, 0.6) is 69.0 Å². The molecule has 0 bridgehead atoms. The van der Waals surface area contributed by atoms with Crippen molar-refractivity contribution in [2.24, 2.45) is 0 Å². The van der Waals surface area contributed by atoms with E-state index in [4.69, 9.17) is 56.8 Å². The lowest BCUT2D eigenvalue weighted by molar-refractivity contribution is 0.0813. The fourth-order valence-corrected chi connectivity index (χ4v) is 6.16. The standard InChI is InChI=1S/C38H34O16/c1-43-23-9-17(10-24(44-2)35(23)49-7)27(39)29(41)21-13-19(31(47-5)37-33(21)51-15-53-37)20-14-22(34-38(32(20)48-6)54-16-52-34)30(42)28(40)18-11-25(45-3)36(50-8)26(12-18)46-4/h9-14H,15-16H2,1-8H3. The van der Waals surface area contributed by atoms with Gasteiger partial charge in [0.15, 0.2) is 46.0 Å². The van der Waals surface area contributed by atoms with Crippen LogP contribution in [0.15, 0.2) is 36.4 Å². The van der Waals surface area contributed by atoms with E-state index in [2.05, 4.69) is 0 Å². The summed E-state index contributed by atoms with van der Waals surface area (Å²) >= 11 is 0. The molecule has 2 heterocycles. The molecule has 0 radical (unpaired) electrons. The number of hydrogen-bond donors (Lipinski definition) is 0. The number of fused-ring (bicyclic) bond motifs is 2. The van der Waals surface area contributed by atoms with Gasteiger partial charge in [0.25, 0.3) is 0 Å². The molecule has 4 aromatic carbocycles. The van der Waals surface area contributed by atoms with E-state index >= 15 is 0 Å². The Bertz CT molecular complexity index is 2000. The SMILES string of the molecule is COc1cc(C(=O)C(=O)c2cc(-c3cc(C(=O)C(=O)c4cc(OC)c(OC)c(OC)c4)c4c(c3OC)OCO4)c(OC)c3c2OCO3)cc(OC)c1OC. The van der Waals surface area contributed by atoms with Crippen molar-refractivity contribution in [3.05, 3.63) is 58.7 Å². The Morgan fingerprint density at radius 1 is 0.389 bits per heavy atom. The minimum absolute atomic E-state index is 0.00265. The van der Waals surface area contributed by atoms with Gasteiger partial charge >= 0.3 is 0 Å². The minimum Gasteiger partial charge on any atom is -0.493 e. The molecular weight excluding hydrogens is 712 g/mol. The second-order valence-electron chi connectivity index (χ2n) is 11.3. The summed E-state index contributed by atoms with van der Waals surface area (Å²) in [6.45, 7) is -0.613. The molecule has 0 saturated carbocycles. The third kappa shape index (κ3) is 6.00. The Balaban J connectivity index is 1.52. The van der Waals surface area contributed by atoms with E-state index in [1.165, 1.54) is 93.3 Å². The Kier molecular flexibility index (Phi) is 10.3. The summed E-state index contributed by atoms with van der Waals surface area (Å²) in [4.78, 5) is 55.9.